The first-order valence-corrected chi connectivity index (χ1v) is 17.2. The van der Waals surface area contributed by atoms with E-state index in [4.69, 9.17) is 25.5 Å². The van der Waals surface area contributed by atoms with E-state index in [1.165, 1.54) is 28.5 Å². The second kappa shape index (κ2) is 15.9. The van der Waals surface area contributed by atoms with Gasteiger partial charge in [0.2, 0.25) is 0 Å². The van der Waals surface area contributed by atoms with Crippen LogP contribution in [0.2, 0.25) is 0 Å². The van der Waals surface area contributed by atoms with Crippen molar-refractivity contribution in [3.8, 4) is 28.3 Å². The quantitative estimate of drug-likeness (QED) is 0.125. The zero-order valence-corrected chi connectivity index (χ0v) is 28.7. The van der Waals surface area contributed by atoms with E-state index in [0.29, 0.717) is 23.2 Å². The molecule has 2 aromatic carbocycles. The van der Waals surface area contributed by atoms with Gasteiger partial charge in [0.15, 0.2) is 0 Å². The summed E-state index contributed by atoms with van der Waals surface area (Å²) in [5.74, 6) is -0.693. The Hall–Kier alpha value is -5.41. The van der Waals surface area contributed by atoms with E-state index >= 15 is 0 Å². The van der Waals surface area contributed by atoms with Crippen molar-refractivity contribution in [3.05, 3.63) is 130 Å². The normalized spacial score (nSPS) is 12.2. The van der Waals surface area contributed by atoms with Gasteiger partial charge in [-0.2, -0.15) is 0 Å². The number of primary amides is 1. The van der Waals surface area contributed by atoms with E-state index in [-0.39, 0.29) is 12.1 Å². The van der Waals surface area contributed by atoms with Crippen molar-refractivity contribution < 1.29 is 19.4 Å². The number of carboxylic acids is 1. The molecule has 0 radical (unpaired) electrons. The molecule has 0 saturated carbocycles. The Morgan fingerprint density at radius 2 is 1.68 bits per heavy atom. The van der Waals surface area contributed by atoms with Crippen LogP contribution < -0.4 is 10.5 Å². The number of benzene rings is 2. The molecule has 0 unspecified atom stereocenters. The first-order chi connectivity index (χ1) is 24.3. The Morgan fingerprint density at radius 3 is 2.44 bits per heavy atom. The first kappa shape index (κ1) is 34.5. The number of carbonyl (C=O) groups excluding carboxylic acids is 1. The van der Waals surface area contributed by atoms with Gasteiger partial charge in [0, 0.05) is 48.7 Å². The molecule has 1 aliphatic rings. The number of nitrogens with two attached hydrogens (primary N) is 1. The molecule has 9 heteroatoms. The lowest BCUT2D eigenvalue weighted by molar-refractivity contribution is -0.136. The largest absolute Gasteiger partial charge is 0.497 e. The van der Waals surface area contributed by atoms with Gasteiger partial charge in [-0.15, -0.1) is 0 Å². The van der Waals surface area contributed by atoms with Crippen LogP contribution in [-0.4, -0.2) is 50.5 Å². The smallest absolute Gasteiger partial charge is 0.303 e. The molecular weight excluding hydrogens is 626 g/mol. The van der Waals surface area contributed by atoms with Gasteiger partial charge in [0.1, 0.15) is 11.4 Å². The molecule has 0 atom stereocenters. The second-order valence-corrected chi connectivity index (χ2v) is 13.0. The molecule has 6 rings (SSSR count). The maximum absolute atomic E-state index is 12.3. The van der Waals surface area contributed by atoms with E-state index in [9.17, 15) is 9.59 Å². The van der Waals surface area contributed by atoms with Crippen molar-refractivity contribution in [2.45, 2.75) is 65.0 Å². The number of hydrogen-bond donors (Lipinski definition) is 2. The van der Waals surface area contributed by atoms with Gasteiger partial charge < -0.3 is 15.6 Å². The fourth-order valence-corrected chi connectivity index (χ4v) is 6.84. The molecule has 1 aliphatic carbocycles. The van der Waals surface area contributed by atoms with Crippen molar-refractivity contribution >= 4 is 11.9 Å². The Bertz CT molecular complexity index is 2000. The zero-order chi connectivity index (χ0) is 35.0. The molecule has 1 amide bonds. The SMILES string of the molecule is COc1cccc(CN(CCCc2cc3c(c(-c4cnc(-c5cc(CCC(=O)O)cnc5C(N)=O)c(C)c4)n2)CCC3)Cc2ccccc2)c1. The van der Waals surface area contributed by atoms with Crippen molar-refractivity contribution in [3.63, 3.8) is 0 Å². The summed E-state index contributed by atoms with van der Waals surface area (Å²) in [6.07, 6.45) is 8.50. The Morgan fingerprint density at radius 1 is 0.880 bits per heavy atom. The van der Waals surface area contributed by atoms with Crippen LogP contribution in [0.3, 0.4) is 0 Å². The van der Waals surface area contributed by atoms with Crippen molar-refractivity contribution in [2.75, 3.05) is 13.7 Å². The summed E-state index contributed by atoms with van der Waals surface area (Å²) in [6, 6.07) is 25.0. The fraction of sp³-hybridized carbons (Fsp3) is 0.293. The summed E-state index contributed by atoms with van der Waals surface area (Å²) >= 11 is 0. The van der Waals surface area contributed by atoms with Gasteiger partial charge in [-0.25, -0.2) is 0 Å². The molecule has 3 heterocycles. The molecule has 3 N–H and O–H groups in total. The number of carboxylic acid groups (broad SMARTS) is 1. The molecular formula is C41H43N5O4. The molecule has 3 aromatic heterocycles. The van der Waals surface area contributed by atoms with Crippen LogP contribution in [0.4, 0.5) is 0 Å². The fourth-order valence-electron chi connectivity index (χ4n) is 6.84. The van der Waals surface area contributed by atoms with Gasteiger partial charge in [-0.05, 0) is 116 Å². The topological polar surface area (TPSA) is 132 Å². The van der Waals surface area contributed by atoms with Gasteiger partial charge in [0.05, 0.1) is 18.5 Å². The molecule has 0 saturated heterocycles. The highest BCUT2D eigenvalue weighted by atomic mass is 16.5. The maximum Gasteiger partial charge on any atom is 0.303 e. The summed E-state index contributed by atoms with van der Waals surface area (Å²) in [7, 11) is 1.70. The number of aliphatic carboxylic acids is 1. The lowest BCUT2D eigenvalue weighted by atomic mass is 9.97. The number of amides is 1. The van der Waals surface area contributed by atoms with E-state index < -0.39 is 11.9 Å². The maximum atomic E-state index is 12.3. The van der Waals surface area contributed by atoms with E-state index in [1.54, 1.807) is 13.2 Å². The first-order valence-electron chi connectivity index (χ1n) is 17.2. The lowest BCUT2D eigenvalue weighted by Crippen LogP contribution is -2.24. The predicted octanol–water partition coefficient (Wildman–Crippen LogP) is 6.76. The number of carbonyl (C=O) groups is 2. The standard InChI is InChI=1S/C41H43N5O4/c1-27-19-32(24-44-38(27)36-21-29(16-17-37(47)48)23-43-40(36)41(42)49)39-35-15-7-12-31(35)22-33(45-39)13-8-18-46(25-28-9-4-3-5-10-28)26-30-11-6-14-34(20-30)50-2/h3-6,9-11,14,19-24H,7-8,12-13,15-18,25-26H2,1-2H3,(H2,42,49)(H,47,48). The van der Waals surface area contributed by atoms with Gasteiger partial charge in [0.25, 0.3) is 5.91 Å². The summed E-state index contributed by atoms with van der Waals surface area (Å²) in [5.41, 5.74) is 16.6. The van der Waals surface area contributed by atoms with E-state index in [0.717, 1.165) is 80.0 Å². The minimum atomic E-state index is -0.899. The number of fused-ring (bicyclic) bond motifs is 1. The average Bonchev–Trinajstić information content (AvgIpc) is 3.59. The third-order valence-corrected chi connectivity index (χ3v) is 9.25. The minimum Gasteiger partial charge on any atom is -0.497 e. The molecule has 5 aromatic rings. The van der Waals surface area contributed by atoms with Crippen LogP contribution in [0.25, 0.3) is 22.5 Å². The molecule has 0 fully saturated rings. The summed E-state index contributed by atoms with van der Waals surface area (Å²) in [5, 5.41) is 9.15. The van der Waals surface area contributed by atoms with E-state index in [2.05, 4.69) is 64.5 Å². The predicted molar refractivity (Wildman–Crippen MR) is 194 cm³/mol. The third-order valence-electron chi connectivity index (χ3n) is 9.25. The minimum absolute atomic E-state index is 0.0389. The molecule has 0 spiro atoms. The van der Waals surface area contributed by atoms with Crippen LogP contribution >= 0.6 is 0 Å². The number of pyridine rings is 3. The summed E-state index contributed by atoms with van der Waals surface area (Å²) < 4.78 is 5.48. The molecule has 9 nitrogen and oxygen atoms in total. The van der Waals surface area contributed by atoms with Crippen molar-refractivity contribution in [1.29, 1.82) is 0 Å². The summed E-state index contributed by atoms with van der Waals surface area (Å²) in [4.78, 5) is 40.3. The highest BCUT2D eigenvalue weighted by Crippen LogP contribution is 2.34. The highest BCUT2D eigenvalue weighted by Gasteiger charge is 2.22. The molecule has 0 bridgehead atoms. The number of ether oxygens (including phenoxy) is 1. The molecule has 256 valence electrons. The van der Waals surface area contributed by atoms with E-state index in [1.807, 2.05) is 25.3 Å². The van der Waals surface area contributed by atoms with Gasteiger partial charge in [-0.1, -0.05) is 42.5 Å². The third kappa shape index (κ3) is 8.41. The van der Waals surface area contributed by atoms with Crippen LogP contribution in [0, 0.1) is 6.92 Å². The number of aromatic nitrogens is 3. The molecule has 0 aliphatic heterocycles. The number of rotatable bonds is 15. The Balaban J connectivity index is 1.23. The second-order valence-electron chi connectivity index (χ2n) is 13.0. The summed E-state index contributed by atoms with van der Waals surface area (Å²) in [6.45, 7) is 4.54. The number of methoxy groups -OCH3 is 1. The zero-order valence-electron chi connectivity index (χ0n) is 28.7. The van der Waals surface area contributed by atoms with Crippen LogP contribution in [0.15, 0.2) is 85.2 Å². The van der Waals surface area contributed by atoms with Crippen LogP contribution in [-0.2, 0) is 43.6 Å². The number of nitrogens with zero attached hydrogens (tertiary/aromatic N) is 4. The van der Waals surface area contributed by atoms with Crippen molar-refractivity contribution in [1.82, 2.24) is 19.9 Å². The van der Waals surface area contributed by atoms with Gasteiger partial charge in [-0.3, -0.25) is 29.4 Å². The van der Waals surface area contributed by atoms with Crippen molar-refractivity contribution in [2.24, 2.45) is 5.73 Å². The average molecular weight is 670 g/mol. The number of aryl methyl sites for hydroxylation is 4. The Labute approximate surface area is 293 Å². The monoisotopic (exact) mass is 669 g/mol. The Kier molecular flexibility index (Phi) is 10.9. The molecule has 50 heavy (non-hydrogen) atoms. The number of hydrogen-bond acceptors (Lipinski definition) is 7. The highest BCUT2D eigenvalue weighted by molar-refractivity contribution is 5.98. The van der Waals surface area contributed by atoms with Crippen LogP contribution in [0.1, 0.15) is 68.8 Å². The van der Waals surface area contributed by atoms with Gasteiger partial charge >= 0.3 is 5.97 Å². The lowest BCUT2D eigenvalue weighted by Gasteiger charge is -2.23. The van der Waals surface area contributed by atoms with Crippen LogP contribution in [0.5, 0.6) is 5.75 Å².